The van der Waals surface area contributed by atoms with Crippen molar-refractivity contribution in [3.05, 3.63) is 60.6 Å². The number of nitrogens with zero attached hydrogens (tertiary/aromatic N) is 3. The van der Waals surface area contributed by atoms with Crippen molar-refractivity contribution >= 4 is 22.6 Å². The van der Waals surface area contributed by atoms with Gasteiger partial charge in [-0.2, -0.15) is 0 Å². The predicted molar refractivity (Wildman–Crippen MR) is 113 cm³/mol. The van der Waals surface area contributed by atoms with Crippen LogP contribution in [0.3, 0.4) is 0 Å². The van der Waals surface area contributed by atoms with Crippen molar-refractivity contribution in [3.8, 4) is 0 Å². The number of rotatable bonds is 2. The molecule has 3 heterocycles. The number of carbonyl (C=O) groups excluding carboxylic acids is 1. The molecule has 1 amide bonds. The quantitative estimate of drug-likeness (QED) is 0.712. The van der Waals surface area contributed by atoms with Gasteiger partial charge in [-0.25, -0.2) is 4.79 Å². The molecule has 4 rings (SSSR count). The van der Waals surface area contributed by atoms with E-state index in [1.807, 2.05) is 53.6 Å². The second kappa shape index (κ2) is 7.28. The monoisotopic (exact) mass is 377 g/mol. The lowest BCUT2D eigenvalue weighted by atomic mass is 10.0. The topological polar surface area (TPSA) is 62.2 Å². The first-order valence-electron chi connectivity index (χ1n) is 9.75. The van der Waals surface area contributed by atoms with Crippen molar-refractivity contribution in [2.75, 3.05) is 25.0 Å². The van der Waals surface area contributed by atoms with Crippen LogP contribution >= 0.6 is 0 Å². The second-order valence-corrected chi connectivity index (χ2v) is 8.25. The number of fused-ring (bicyclic) bond motifs is 1. The maximum absolute atomic E-state index is 13.5. The first-order chi connectivity index (χ1) is 13.4. The van der Waals surface area contributed by atoms with Gasteiger partial charge in [0.15, 0.2) is 0 Å². The summed E-state index contributed by atoms with van der Waals surface area (Å²) >= 11 is 0. The highest BCUT2D eigenvalue weighted by atomic mass is 16.2. The van der Waals surface area contributed by atoms with E-state index in [2.05, 4.69) is 36.4 Å². The van der Waals surface area contributed by atoms with E-state index in [4.69, 9.17) is 0 Å². The van der Waals surface area contributed by atoms with Crippen LogP contribution in [-0.2, 0) is 0 Å². The Balaban J connectivity index is 1.70. The van der Waals surface area contributed by atoms with Crippen LogP contribution < -0.4 is 10.6 Å². The molecule has 0 bridgehead atoms. The van der Waals surface area contributed by atoms with Crippen molar-refractivity contribution in [2.45, 2.75) is 32.4 Å². The Labute approximate surface area is 165 Å². The molecule has 146 valence electrons. The van der Waals surface area contributed by atoms with Gasteiger partial charge in [-0.3, -0.25) is 9.55 Å². The van der Waals surface area contributed by atoms with Gasteiger partial charge >= 0.3 is 6.03 Å². The van der Waals surface area contributed by atoms with E-state index in [0.29, 0.717) is 13.1 Å². The van der Waals surface area contributed by atoms with Crippen molar-refractivity contribution in [3.63, 3.8) is 0 Å². The highest BCUT2D eigenvalue weighted by molar-refractivity contribution is 5.91. The third-order valence-corrected chi connectivity index (χ3v) is 4.96. The zero-order valence-electron chi connectivity index (χ0n) is 16.6. The van der Waals surface area contributed by atoms with Gasteiger partial charge in [0.2, 0.25) is 0 Å². The van der Waals surface area contributed by atoms with Crippen LogP contribution in [-0.4, -0.2) is 45.7 Å². The van der Waals surface area contributed by atoms with Crippen molar-refractivity contribution in [1.82, 2.24) is 19.8 Å². The number of pyridine rings is 1. The molecule has 6 nitrogen and oxygen atoms in total. The van der Waals surface area contributed by atoms with Crippen LogP contribution in [0.15, 0.2) is 54.9 Å². The van der Waals surface area contributed by atoms with Gasteiger partial charge in [0.25, 0.3) is 0 Å². The van der Waals surface area contributed by atoms with Gasteiger partial charge in [0.1, 0.15) is 0 Å². The van der Waals surface area contributed by atoms with E-state index in [1.165, 1.54) is 0 Å². The number of aromatic nitrogens is 2. The summed E-state index contributed by atoms with van der Waals surface area (Å²) < 4.78 is 1.74. The maximum atomic E-state index is 13.5. The molecular formula is C22H27N5O. The Kier molecular flexibility index (Phi) is 4.81. The molecule has 6 heteroatoms. The number of para-hydroxylation sites is 1. The van der Waals surface area contributed by atoms with Crippen LogP contribution in [0.5, 0.6) is 0 Å². The minimum Gasteiger partial charge on any atom is -0.379 e. The van der Waals surface area contributed by atoms with Crippen LogP contribution in [0.2, 0.25) is 0 Å². The lowest BCUT2D eigenvalue weighted by molar-refractivity contribution is 0.159. The zero-order chi connectivity index (χ0) is 19.7. The molecule has 0 aliphatic carbocycles. The third kappa shape index (κ3) is 3.60. The van der Waals surface area contributed by atoms with E-state index in [0.717, 1.165) is 28.8 Å². The summed E-state index contributed by atoms with van der Waals surface area (Å²) in [5.74, 6) is 0. The molecule has 1 unspecified atom stereocenters. The average Bonchev–Trinajstić information content (AvgIpc) is 3.11. The predicted octanol–water partition coefficient (Wildman–Crippen LogP) is 3.86. The number of carbonyl (C=O) groups is 1. The van der Waals surface area contributed by atoms with Gasteiger partial charge < -0.3 is 15.5 Å². The number of amides is 1. The fourth-order valence-corrected chi connectivity index (χ4v) is 3.76. The molecule has 1 aliphatic heterocycles. The number of anilines is 1. The van der Waals surface area contributed by atoms with E-state index in [9.17, 15) is 4.79 Å². The molecule has 2 aromatic heterocycles. The highest BCUT2D eigenvalue weighted by Gasteiger charge is 2.32. The fraction of sp³-hybridized carbons (Fsp3) is 0.364. The third-order valence-electron chi connectivity index (χ3n) is 4.96. The van der Waals surface area contributed by atoms with Crippen LogP contribution in [0.25, 0.3) is 10.9 Å². The number of hydrogen-bond acceptors (Lipinski definition) is 4. The minimum atomic E-state index is -0.131. The van der Waals surface area contributed by atoms with Gasteiger partial charge in [-0.15, -0.1) is 0 Å². The molecule has 0 radical (unpaired) electrons. The maximum Gasteiger partial charge on any atom is 0.329 e. The van der Waals surface area contributed by atoms with Crippen LogP contribution in [0, 0.1) is 0 Å². The second-order valence-electron chi connectivity index (χ2n) is 8.25. The molecule has 2 N–H and O–H groups in total. The lowest BCUT2D eigenvalue weighted by Crippen LogP contribution is -2.50. The first kappa shape index (κ1) is 18.5. The SMILES string of the molecule is CC(C)(C)Nc1cccnc1C1CNCCN1C(=O)n1ccc2ccccc21. The summed E-state index contributed by atoms with van der Waals surface area (Å²) in [5, 5.41) is 8.02. The Morgan fingerprint density at radius 1 is 1.18 bits per heavy atom. The van der Waals surface area contributed by atoms with E-state index in [-0.39, 0.29) is 17.6 Å². The van der Waals surface area contributed by atoms with E-state index < -0.39 is 0 Å². The summed E-state index contributed by atoms with van der Waals surface area (Å²) in [6.45, 7) is 8.46. The van der Waals surface area contributed by atoms with Crippen molar-refractivity contribution in [2.24, 2.45) is 0 Å². The largest absolute Gasteiger partial charge is 0.379 e. The number of benzene rings is 1. The van der Waals surface area contributed by atoms with Crippen LogP contribution in [0.1, 0.15) is 32.5 Å². The molecule has 1 saturated heterocycles. The molecule has 0 spiro atoms. The summed E-state index contributed by atoms with van der Waals surface area (Å²) in [4.78, 5) is 20.1. The van der Waals surface area contributed by atoms with Crippen molar-refractivity contribution in [1.29, 1.82) is 0 Å². The summed E-state index contributed by atoms with van der Waals surface area (Å²) in [7, 11) is 0. The van der Waals surface area contributed by atoms with Gasteiger partial charge in [-0.05, 0) is 45.0 Å². The Hall–Kier alpha value is -2.86. The fourth-order valence-electron chi connectivity index (χ4n) is 3.76. The molecule has 1 atom stereocenters. The standard InChI is InChI=1S/C22H27N5O/c1-22(2,3)25-17-8-6-11-24-20(17)19-15-23-12-14-27(19)21(28)26-13-10-16-7-4-5-9-18(16)26/h4-11,13,19,23,25H,12,14-15H2,1-3H3. The smallest absolute Gasteiger partial charge is 0.329 e. The van der Waals surface area contributed by atoms with Crippen LogP contribution in [0.4, 0.5) is 10.5 Å². The summed E-state index contributed by atoms with van der Waals surface area (Å²) in [6, 6.07) is 13.8. The van der Waals surface area contributed by atoms with Gasteiger partial charge in [0.05, 0.1) is 22.9 Å². The molecule has 3 aromatic rings. The summed E-state index contributed by atoms with van der Waals surface area (Å²) in [5.41, 5.74) is 2.71. The van der Waals surface area contributed by atoms with E-state index in [1.54, 1.807) is 10.8 Å². The lowest BCUT2D eigenvalue weighted by Gasteiger charge is -2.37. The molecule has 1 aromatic carbocycles. The summed E-state index contributed by atoms with van der Waals surface area (Å²) in [6.07, 6.45) is 3.66. The minimum absolute atomic E-state index is 0.0138. The number of nitrogens with one attached hydrogen (secondary N) is 2. The van der Waals surface area contributed by atoms with Crippen molar-refractivity contribution < 1.29 is 4.79 Å². The first-order valence-corrected chi connectivity index (χ1v) is 9.75. The number of hydrogen-bond donors (Lipinski definition) is 2. The molecule has 1 fully saturated rings. The average molecular weight is 377 g/mol. The highest BCUT2D eigenvalue weighted by Crippen LogP contribution is 2.30. The van der Waals surface area contributed by atoms with Gasteiger partial charge in [0, 0.05) is 43.0 Å². The molecule has 0 saturated carbocycles. The Morgan fingerprint density at radius 2 is 2.00 bits per heavy atom. The number of piperazine rings is 1. The van der Waals surface area contributed by atoms with E-state index >= 15 is 0 Å². The Morgan fingerprint density at radius 3 is 2.82 bits per heavy atom. The Bertz CT molecular complexity index is 988. The molecular weight excluding hydrogens is 350 g/mol. The van der Waals surface area contributed by atoms with Gasteiger partial charge in [-0.1, -0.05) is 18.2 Å². The molecule has 1 aliphatic rings. The normalized spacial score (nSPS) is 17.7. The zero-order valence-corrected chi connectivity index (χ0v) is 16.6. The molecule has 28 heavy (non-hydrogen) atoms.